The third kappa shape index (κ3) is 4.99. The Bertz CT molecular complexity index is 236. The van der Waals surface area contributed by atoms with Crippen LogP contribution in [-0.4, -0.2) is 73.2 Å². The molecular formula is C11H21NO5. The molecule has 1 heterocycles. The first kappa shape index (κ1) is 14.4. The Labute approximate surface area is 101 Å². The standard InChI is InChI=1S/C11H21NO5/c1-16-4-2-5-17-6-3-12-8-9(13)7-10(12)11(14)15/h9-10,13H,2-8H2,1H3,(H,14,15). The van der Waals surface area contributed by atoms with Crippen LogP contribution in [0.25, 0.3) is 0 Å². The maximum Gasteiger partial charge on any atom is 0.321 e. The fraction of sp³-hybridized carbons (Fsp3) is 0.909. The van der Waals surface area contributed by atoms with Gasteiger partial charge in [0.25, 0.3) is 0 Å². The Hall–Kier alpha value is -0.690. The number of carboxylic acids is 1. The molecule has 0 spiro atoms. The van der Waals surface area contributed by atoms with Crippen LogP contribution in [0.15, 0.2) is 0 Å². The van der Waals surface area contributed by atoms with Crippen LogP contribution in [0.4, 0.5) is 0 Å². The topological polar surface area (TPSA) is 79.2 Å². The van der Waals surface area contributed by atoms with E-state index in [4.69, 9.17) is 14.6 Å². The Morgan fingerprint density at radius 3 is 2.82 bits per heavy atom. The molecule has 0 aromatic heterocycles. The van der Waals surface area contributed by atoms with E-state index in [1.807, 2.05) is 0 Å². The lowest BCUT2D eigenvalue weighted by Gasteiger charge is -2.20. The number of hydrogen-bond donors (Lipinski definition) is 2. The number of carbonyl (C=O) groups is 1. The van der Waals surface area contributed by atoms with Gasteiger partial charge < -0.3 is 19.7 Å². The molecule has 1 aliphatic rings. The number of carboxylic acid groups (broad SMARTS) is 1. The van der Waals surface area contributed by atoms with Gasteiger partial charge >= 0.3 is 5.97 Å². The van der Waals surface area contributed by atoms with Gasteiger partial charge in [-0.2, -0.15) is 0 Å². The third-order valence-corrected chi connectivity index (χ3v) is 2.83. The summed E-state index contributed by atoms with van der Waals surface area (Å²) in [5, 5.41) is 18.4. The second kappa shape index (κ2) is 7.60. The van der Waals surface area contributed by atoms with Gasteiger partial charge in [-0.25, -0.2) is 0 Å². The molecule has 1 rings (SSSR count). The highest BCUT2D eigenvalue weighted by Gasteiger charge is 2.35. The van der Waals surface area contributed by atoms with Crippen molar-refractivity contribution in [1.29, 1.82) is 0 Å². The minimum absolute atomic E-state index is 0.305. The van der Waals surface area contributed by atoms with E-state index in [9.17, 15) is 9.90 Å². The van der Waals surface area contributed by atoms with Crippen molar-refractivity contribution in [2.24, 2.45) is 0 Å². The molecule has 2 N–H and O–H groups in total. The highest BCUT2D eigenvalue weighted by Crippen LogP contribution is 2.17. The second-order valence-corrected chi connectivity index (χ2v) is 4.20. The molecule has 0 bridgehead atoms. The number of nitrogens with zero attached hydrogens (tertiary/aromatic N) is 1. The monoisotopic (exact) mass is 247 g/mol. The molecule has 17 heavy (non-hydrogen) atoms. The van der Waals surface area contributed by atoms with E-state index >= 15 is 0 Å². The van der Waals surface area contributed by atoms with Crippen molar-refractivity contribution < 1.29 is 24.5 Å². The maximum atomic E-state index is 10.9. The lowest BCUT2D eigenvalue weighted by molar-refractivity contribution is -0.142. The Morgan fingerprint density at radius 2 is 2.18 bits per heavy atom. The van der Waals surface area contributed by atoms with Crippen molar-refractivity contribution >= 4 is 5.97 Å². The molecule has 6 heteroatoms. The van der Waals surface area contributed by atoms with Crippen LogP contribution >= 0.6 is 0 Å². The Morgan fingerprint density at radius 1 is 1.41 bits per heavy atom. The van der Waals surface area contributed by atoms with E-state index in [-0.39, 0.29) is 0 Å². The minimum Gasteiger partial charge on any atom is -0.480 e. The maximum absolute atomic E-state index is 10.9. The number of likely N-dealkylation sites (tertiary alicyclic amines) is 1. The molecule has 0 radical (unpaired) electrons. The molecule has 2 atom stereocenters. The average Bonchev–Trinajstić information content (AvgIpc) is 2.65. The van der Waals surface area contributed by atoms with Crippen LogP contribution in [0.1, 0.15) is 12.8 Å². The fourth-order valence-electron chi connectivity index (χ4n) is 1.97. The van der Waals surface area contributed by atoms with Gasteiger partial charge in [-0.3, -0.25) is 9.69 Å². The van der Waals surface area contributed by atoms with Gasteiger partial charge in [-0.15, -0.1) is 0 Å². The SMILES string of the molecule is COCCCOCCN1CC(O)CC1C(=O)O. The van der Waals surface area contributed by atoms with Gasteiger partial charge in [0.15, 0.2) is 0 Å². The first-order chi connectivity index (χ1) is 8.15. The number of aliphatic hydroxyl groups excluding tert-OH is 1. The van der Waals surface area contributed by atoms with Gasteiger partial charge in [-0.05, 0) is 6.42 Å². The predicted octanol–water partition coefficient (Wildman–Crippen LogP) is -0.441. The summed E-state index contributed by atoms with van der Waals surface area (Å²) >= 11 is 0. The molecular weight excluding hydrogens is 226 g/mol. The highest BCUT2D eigenvalue weighted by molar-refractivity contribution is 5.74. The van der Waals surface area contributed by atoms with Crippen LogP contribution in [0.3, 0.4) is 0 Å². The zero-order valence-electron chi connectivity index (χ0n) is 10.2. The van der Waals surface area contributed by atoms with E-state index in [1.165, 1.54) is 0 Å². The molecule has 0 aromatic rings. The van der Waals surface area contributed by atoms with Crippen LogP contribution in [0.5, 0.6) is 0 Å². The molecule has 0 saturated carbocycles. The lowest BCUT2D eigenvalue weighted by atomic mass is 10.2. The smallest absolute Gasteiger partial charge is 0.321 e. The number of β-amino-alcohol motifs (C(OH)–C–C–N with tert-alkyl or cyclic N) is 1. The van der Waals surface area contributed by atoms with Crippen molar-refractivity contribution in [3.05, 3.63) is 0 Å². The molecule has 1 saturated heterocycles. The lowest BCUT2D eigenvalue weighted by Crippen LogP contribution is -2.38. The second-order valence-electron chi connectivity index (χ2n) is 4.20. The van der Waals surface area contributed by atoms with Gasteiger partial charge in [0.05, 0.1) is 12.7 Å². The fourth-order valence-corrected chi connectivity index (χ4v) is 1.97. The number of rotatable bonds is 8. The summed E-state index contributed by atoms with van der Waals surface area (Å²) in [7, 11) is 1.64. The summed E-state index contributed by atoms with van der Waals surface area (Å²) in [5.41, 5.74) is 0. The normalized spacial score (nSPS) is 25.3. The number of methoxy groups -OCH3 is 1. The summed E-state index contributed by atoms with van der Waals surface area (Å²) in [5.74, 6) is -0.874. The van der Waals surface area contributed by atoms with Gasteiger partial charge in [0, 0.05) is 39.8 Å². The first-order valence-electron chi connectivity index (χ1n) is 5.86. The minimum atomic E-state index is -0.874. The van der Waals surface area contributed by atoms with Gasteiger partial charge in [0.1, 0.15) is 6.04 Å². The number of ether oxygens (including phenoxy) is 2. The van der Waals surface area contributed by atoms with Crippen molar-refractivity contribution in [2.45, 2.75) is 25.0 Å². The predicted molar refractivity (Wildman–Crippen MR) is 60.9 cm³/mol. The van der Waals surface area contributed by atoms with E-state index in [0.717, 1.165) is 6.42 Å². The summed E-state index contributed by atoms with van der Waals surface area (Å²) < 4.78 is 10.2. The summed E-state index contributed by atoms with van der Waals surface area (Å²) in [6, 6.07) is -0.576. The molecule has 0 amide bonds. The Kier molecular flexibility index (Phi) is 6.43. The van der Waals surface area contributed by atoms with Crippen molar-refractivity contribution in [3.8, 4) is 0 Å². The average molecular weight is 247 g/mol. The van der Waals surface area contributed by atoms with Crippen LogP contribution in [0, 0.1) is 0 Å². The molecule has 1 aliphatic heterocycles. The van der Waals surface area contributed by atoms with E-state index in [1.54, 1.807) is 12.0 Å². The van der Waals surface area contributed by atoms with Gasteiger partial charge in [0.2, 0.25) is 0 Å². The summed E-state index contributed by atoms with van der Waals surface area (Å²) in [4.78, 5) is 12.7. The van der Waals surface area contributed by atoms with Crippen molar-refractivity contribution in [3.63, 3.8) is 0 Å². The highest BCUT2D eigenvalue weighted by atomic mass is 16.5. The van der Waals surface area contributed by atoms with Gasteiger partial charge in [-0.1, -0.05) is 0 Å². The molecule has 100 valence electrons. The molecule has 2 unspecified atom stereocenters. The van der Waals surface area contributed by atoms with Crippen molar-refractivity contribution in [1.82, 2.24) is 4.90 Å². The van der Waals surface area contributed by atoms with Crippen LogP contribution in [0.2, 0.25) is 0 Å². The zero-order valence-corrected chi connectivity index (χ0v) is 10.2. The molecule has 0 aliphatic carbocycles. The summed E-state index contributed by atoms with van der Waals surface area (Å²) in [6.45, 7) is 2.72. The van der Waals surface area contributed by atoms with E-state index in [0.29, 0.717) is 39.3 Å². The molecule has 0 aromatic carbocycles. The van der Waals surface area contributed by atoms with E-state index < -0.39 is 18.1 Å². The number of aliphatic carboxylic acids is 1. The van der Waals surface area contributed by atoms with E-state index in [2.05, 4.69) is 0 Å². The quantitative estimate of drug-likeness (QED) is 0.566. The number of aliphatic hydroxyl groups is 1. The third-order valence-electron chi connectivity index (χ3n) is 2.83. The van der Waals surface area contributed by atoms with Crippen LogP contribution in [-0.2, 0) is 14.3 Å². The van der Waals surface area contributed by atoms with Crippen LogP contribution < -0.4 is 0 Å². The molecule has 6 nitrogen and oxygen atoms in total. The van der Waals surface area contributed by atoms with Crippen molar-refractivity contribution in [2.75, 3.05) is 40.0 Å². The summed E-state index contributed by atoms with van der Waals surface area (Å²) in [6.07, 6.45) is 0.602. The first-order valence-corrected chi connectivity index (χ1v) is 5.86. The zero-order chi connectivity index (χ0) is 12.7. The number of hydrogen-bond acceptors (Lipinski definition) is 5. The molecule has 1 fully saturated rings. The largest absolute Gasteiger partial charge is 0.480 e. The Balaban J connectivity index is 2.15.